The van der Waals surface area contributed by atoms with Crippen LogP contribution in [-0.4, -0.2) is 89.1 Å². The van der Waals surface area contributed by atoms with E-state index in [1.54, 1.807) is 0 Å². The number of fused-ring (bicyclic) bond motifs is 6. The second kappa shape index (κ2) is 10.5. The molecule has 0 spiro atoms. The van der Waals surface area contributed by atoms with Crippen molar-refractivity contribution in [2.45, 2.75) is 82.0 Å². The number of halogens is 4. The summed E-state index contributed by atoms with van der Waals surface area (Å²) in [5.41, 5.74) is 3.70. The molecule has 1 aromatic carbocycles. The lowest BCUT2D eigenvalue weighted by Gasteiger charge is -2.42. The number of nitrogens with two attached hydrogens (primary N) is 1. The highest BCUT2D eigenvalue weighted by molar-refractivity contribution is 5.97. The first-order chi connectivity index (χ1) is 21.6. The second-order valence-electron chi connectivity index (χ2n) is 12.9. The fourth-order valence-electron chi connectivity index (χ4n) is 8.21. The molecule has 0 unspecified atom stereocenters. The van der Waals surface area contributed by atoms with Gasteiger partial charge in [0.25, 0.3) is 0 Å². The first-order valence-electron chi connectivity index (χ1n) is 15.6. The molecule has 4 fully saturated rings. The van der Waals surface area contributed by atoms with Crippen molar-refractivity contribution >= 4 is 22.4 Å². The van der Waals surface area contributed by atoms with E-state index >= 15 is 4.39 Å². The molecule has 8 rings (SSSR count). The number of morpholine rings is 1. The smallest absolute Gasteiger partial charge is 0.417 e. The van der Waals surface area contributed by atoms with Crippen LogP contribution in [0.3, 0.4) is 0 Å². The number of pyridine rings is 1. The molecular formula is C31H35F4N7O3. The van der Waals surface area contributed by atoms with E-state index in [-0.39, 0.29) is 58.2 Å². The molecule has 3 aromatic rings. The molecule has 5 aliphatic heterocycles. The molecule has 0 aliphatic carbocycles. The van der Waals surface area contributed by atoms with Gasteiger partial charge in [0.2, 0.25) is 5.88 Å². The van der Waals surface area contributed by atoms with Gasteiger partial charge >= 0.3 is 12.2 Å². The van der Waals surface area contributed by atoms with E-state index in [0.717, 1.165) is 38.3 Å². The third-order valence-corrected chi connectivity index (χ3v) is 10.1. The highest BCUT2D eigenvalue weighted by Crippen LogP contribution is 2.47. The van der Waals surface area contributed by atoms with Gasteiger partial charge in [0.1, 0.15) is 35.1 Å². The van der Waals surface area contributed by atoms with E-state index in [1.165, 1.54) is 13.0 Å². The van der Waals surface area contributed by atoms with Crippen LogP contribution in [0.15, 0.2) is 12.1 Å². The summed E-state index contributed by atoms with van der Waals surface area (Å²) >= 11 is 0. The molecule has 2 aromatic heterocycles. The topological polar surface area (TPSA) is 111 Å². The molecule has 0 amide bonds. The molecule has 6 atom stereocenters. The molecule has 14 heteroatoms. The summed E-state index contributed by atoms with van der Waals surface area (Å²) in [5, 5.41) is 3.87. The van der Waals surface area contributed by atoms with Crippen molar-refractivity contribution in [2.24, 2.45) is 0 Å². The number of aromatic nitrogens is 3. The van der Waals surface area contributed by atoms with Crippen LogP contribution in [0.4, 0.5) is 29.1 Å². The minimum Gasteiger partial charge on any atom is -0.472 e. The molecule has 240 valence electrons. The molecular weight excluding hydrogens is 594 g/mol. The van der Waals surface area contributed by atoms with Gasteiger partial charge in [0.15, 0.2) is 5.82 Å². The average molecular weight is 630 g/mol. The molecule has 2 bridgehead atoms. The van der Waals surface area contributed by atoms with Gasteiger partial charge < -0.3 is 30.2 Å². The molecule has 7 heterocycles. The van der Waals surface area contributed by atoms with Crippen molar-refractivity contribution in [1.29, 1.82) is 0 Å². The zero-order chi connectivity index (χ0) is 31.2. The Morgan fingerprint density at radius 2 is 1.98 bits per heavy atom. The SMILES string of the molecule is Cc1cc(N)cc(-c2nc3c4c(nc(OC[C@@H]5CC[C@H]6COCCN65)nc4c2F)N2C[C@H]4CC[C@H](N4)[C@H]2[C@H](C)O3)c1C(F)(F)F. The zero-order valence-electron chi connectivity index (χ0n) is 25.0. The van der Waals surface area contributed by atoms with Crippen molar-refractivity contribution in [2.75, 3.05) is 43.5 Å². The fraction of sp³-hybridized carbons (Fsp3) is 0.581. The third kappa shape index (κ3) is 4.75. The lowest BCUT2D eigenvalue weighted by Crippen LogP contribution is -2.62. The van der Waals surface area contributed by atoms with Gasteiger partial charge in [0, 0.05) is 48.5 Å². The number of alkyl halides is 3. The zero-order valence-corrected chi connectivity index (χ0v) is 25.0. The largest absolute Gasteiger partial charge is 0.472 e. The Morgan fingerprint density at radius 1 is 1.13 bits per heavy atom. The predicted octanol–water partition coefficient (Wildman–Crippen LogP) is 4.07. The van der Waals surface area contributed by atoms with E-state index in [2.05, 4.69) is 25.1 Å². The van der Waals surface area contributed by atoms with Gasteiger partial charge in [-0.1, -0.05) is 0 Å². The van der Waals surface area contributed by atoms with E-state index in [0.29, 0.717) is 38.2 Å². The van der Waals surface area contributed by atoms with Crippen molar-refractivity contribution in [3.63, 3.8) is 0 Å². The summed E-state index contributed by atoms with van der Waals surface area (Å²) in [5.74, 6) is -0.605. The minimum atomic E-state index is -4.78. The molecule has 0 saturated carbocycles. The molecule has 10 nitrogen and oxygen atoms in total. The molecule has 4 saturated heterocycles. The number of nitrogen functional groups attached to an aromatic ring is 1. The number of benzene rings is 1. The average Bonchev–Trinajstić information content (AvgIpc) is 3.55. The summed E-state index contributed by atoms with van der Waals surface area (Å²) in [6, 6.07) is 2.89. The Kier molecular flexibility index (Phi) is 6.77. The van der Waals surface area contributed by atoms with Crippen molar-refractivity contribution in [3.05, 3.63) is 29.1 Å². The standard InChI is InChI=1S/C31H35F4N7O3/c1-14-9-16(36)10-20(23(14)31(33,34)35)25-24(32)26-22-28(40-30(39-26)44-13-19-5-4-18-12-43-8-7-41(18)19)42-11-17-3-6-21(37-17)27(42)15(2)45-29(22)38-25/h9-10,15,17-19,21,27,37H,3-8,11-13,36H2,1-2H3/t15-,17+,18-,19-,21-,27+/m0/s1. The molecule has 45 heavy (non-hydrogen) atoms. The minimum absolute atomic E-state index is 0.0131. The van der Waals surface area contributed by atoms with Crippen LogP contribution in [0.5, 0.6) is 11.9 Å². The summed E-state index contributed by atoms with van der Waals surface area (Å²) in [4.78, 5) is 18.3. The number of nitrogens with zero attached hydrogens (tertiary/aromatic N) is 5. The van der Waals surface area contributed by atoms with Gasteiger partial charge in [0.05, 0.1) is 24.8 Å². The lowest BCUT2D eigenvalue weighted by atomic mass is 9.96. The van der Waals surface area contributed by atoms with Crippen LogP contribution < -0.4 is 25.4 Å². The quantitative estimate of drug-likeness (QED) is 0.324. The van der Waals surface area contributed by atoms with Crippen molar-refractivity contribution in [1.82, 2.24) is 25.2 Å². The van der Waals surface area contributed by atoms with Gasteiger partial charge in [-0.15, -0.1) is 0 Å². The number of anilines is 2. The van der Waals surface area contributed by atoms with Gasteiger partial charge in [-0.25, -0.2) is 9.37 Å². The summed E-state index contributed by atoms with van der Waals surface area (Å²) in [6.07, 6.45) is -1.39. The van der Waals surface area contributed by atoms with Gasteiger partial charge in [-0.3, -0.25) is 4.90 Å². The van der Waals surface area contributed by atoms with E-state index in [9.17, 15) is 13.2 Å². The summed E-state index contributed by atoms with van der Waals surface area (Å²) < 4.78 is 78.1. The molecule has 0 radical (unpaired) electrons. The Bertz CT molecular complexity index is 1670. The van der Waals surface area contributed by atoms with Crippen LogP contribution >= 0.6 is 0 Å². The van der Waals surface area contributed by atoms with Gasteiger partial charge in [-0.05, 0) is 57.2 Å². The maximum absolute atomic E-state index is 16.7. The molecule has 3 N–H and O–H groups in total. The van der Waals surface area contributed by atoms with Crippen LogP contribution in [0.25, 0.3) is 22.2 Å². The maximum atomic E-state index is 16.7. The van der Waals surface area contributed by atoms with E-state index in [1.807, 2.05) is 6.92 Å². The van der Waals surface area contributed by atoms with Crippen LogP contribution in [0.1, 0.15) is 43.7 Å². The fourth-order valence-corrected chi connectivity index (χ4v) is 8.21. The third-order valence-electron chi connectivity index (χ3n) is 10.1. The molecule has 5 aliphatic rings. The highest BCUT2D eigenvalue weighted by atomic mass is 19.4. The second-order valence-corrected chi connectivity index (χ2v) is 12.9. The Hall–Kier alpha value is -3.49. The number of aryl methyl sites for hydroxylation is 1. The van der Waals surface area contributed by atoms with Crippen molar-refractivity contribution in [3.8, 4) is 23.1 Å². The Labute approximate surface area is 257 Å². The Morgan fingerprint density at radius 3 is 2.80 bits per heavy atom. The first kappa shape index (κ1) is 28.9. The Balaban J connectivity index is 1.29. The summed E-state index contributed by atoms with van der Waals surface area (Å²) in [7, 11) is 0. The highest BCUT2D eigenvalue weighted by Gasteiger charge is 2.47. The number of ether oxygens (including phenoxy) is 3. The number of piperazine rings is 1. The first-order valence-corrected chi connectivity index (χ1v) is 15.6. The number of rotatable bonds is 4. The van der Waals surface area contributed by atoms with Gasteiger partial charge in [-0.2, -0.15) is 23.1 Å². The number of hydrogen-bond acceptors (Lipinski definition) is 10. The van der Waals surface area contributed by atoms with Crippen LogP contribution in [0.2, 0.25) is 0 Å². The predicted molar refractivity (Wildman–Crippen MR) is 158 cm³/mol. The lowest BCUT2D eigenvalue weighted by molar-refractivity contribution is -0.137. The number of hydrogen-bond donors (Lipinski definition) is 2. The monoisotopic (exact) mass is 629 g/mol. The van der Waals surface area contributed by atoms with Crippen LogP contribution in [0, 0.1) is 12.7 Å². The summed E-state index contributed by atoms with van der Waals surface area (Å²) in [6.45, 7) is 6.24. The number of nitrogens with one attached hydrogen (secondary N) is 1. The normalized spacial score (nSPS) is 29.3. The van der Waals surface area contributed by atoms with Crippen LogP contribution in [-0.2, 0) is 10.9 Å². The van der Waals surface area contributed by atoms with E-state index < -0.39 is 34.9 Å². The van der Waals surface area contributed by atoms with E-state index in [4.69, 9.17) is 24.9 Å². The maximum Gasteiger partial charge on any atom is 0.417 e. The van der Waals surface area contributed by atoms with Crippen molar-refractivity contribution < 1.29 is 31.8 Å².